The van der Waals surface area contributed by atoms with Crippen molar-refractivity contribution in [2.24, 2.45) is 0 Å². The molecule has 1 aromatic rings. The van der Waals surface area contributed by atoms with Crippen LogP contribution < -0.4 is 4.74 Å². The lowest BCUT2D eigenvalue weighted by atomic mass is 9.94. The second kappa shape index (κ2) is 4.95. The van der Waals surface area contributed by atoms with Gasteiger partial charge in [-0.2, -0.15) is 5.26 Å². The summed E-state index contributed by atoms with van der Waals surface area (Å²) in [5.74, 6) is 0.752. The topological polar surface area (TPSA) is 55.1 Å². The summed E-state index contributed by atoms with van der Waals surface area (Å²) < 4.78 is 10.4. The molecule has 4 nitrogen and oxygen atoms in total. The zero-order chi connectivity index (χ0) is 11.4. The van der Waals surface area contributed by atoms with Gasteiger partial charge in [-0.25, -0.2) is 4.98 Å². The number of hydrogen-bond acceptors (Lipinski definition) is 4. The standard InChI is InChI=1S/C12H14N2O2/c1-15-12-10(6-13)5-11(7-14-12)9-3-2-4-16-8-9/h5,7,9H,2-4,8H2,1H3. The number of rotatable bonds is 2. The lowest BCUT2D eigenvalue weighted by molar-refractivity contribution is 0.0803. The maximum Gasteiger partial charge on any atom is 0.231 e. The third-order valence-electron chi connectivity index (χ3n) is 2.82. The van der Waals surface area contributed by atoms with Crippen molar-refractivity contribution >= 4 is 0 Å². The van der Waals surface area contributed by atoms with Crippen molar-refractivity contribution in [3.63, 3.8) is 0 Å². The number of nitrogens with zero attached hydrogens (tertiary/aromatic N) is 2. The van der Waals surface area contributed by atoms with Gasteiger partial charge in [-0.3, -0.25) is 0 Å². The van der Waals surface area contributed by atoms with Crippen molar-refractivity contribution < 1.29 is 9.47 Å². The Morgan fingerprint density at radius 1 is 1.62 bits per heavy atom. The van der Waals surface area contributed by atoms with E-state index in [1.54, 1.807) is 6.20 Å². The van der Waals surface area contributed by atoms with Crippen molar-refractivity contribution in [1.29, 1.82) is 5.26 Å². The van der Waals surface area contributed by atoms with E-state index >= 15 is 0 Å². The van der Waals surface area contributed by atoms with E-state index in [0.717, 1.165) is 31.6 Å². The number of pyridine rings is 1. The first-order valence-electron chi connectivity index (χ1n) is 5.37. The van der Waals surface area contributed by atoms with Gasteiger partial charge in [-0.15, -0.1) is 0 Å². The van der Waals surface area contributed by atoms with Crippen LogP contribution in [0.5, 0.6) is 5.88 Å². The molecule has 0 spiro atoms. The Labute approximate surface area is 94.8 Å². The zero-order valence-electron chi connectivity index (χ0n) is 9.27. The Kier molecular flexibility index (Phi) is 3.37. The van der Waals surface area contributed by atoms with Crippen molar-refractivity contribution in [2.75, 3.05) is 20.3 Å². The van der Waals surface area contributed by atoms with Gasteiger partial charge in [-0.1, -0.05) is 0 Å². The molecule has 2 heterocycles. The van der Waals surface area contributed by atoms with E-state index in [4.69, 9.17) is 14.7 Å². The van der Waals surface area contributed by atoms with Crippen LogP contribution in [0.1, 0.15) is 29.9 Å². The summed E-state index contributed by atoms with van der Waals surface area (Å²) in [4.78, 5) is 4.14. The molecule has 2 rings (SSSR count). The normalized spacial score (nSPS) is 20.1. The largest absolute Gasteiger partial charge is 0.480 e. The summed E-state index contributed by atoms with van der Waals surface area (Å²) in [6, 6.07) is 3.95. The number of hydrogen-bond donors (Lipinski definition) is 0. The molecular formula is C12H14N2O2. The second-order valence-corrected chi connectivity index (χ2v) is 3.85. The smallest absolute Gasteiger partial charge is 0.231 e. The molecule has 4 heteroatoms. The van der Waals surface area contributed by atoms with E-state index in [1.165, 1.54) is 7.11 Å². The minimum Gasteiger partial charge on any atom is -0.480 e. The van der Waals surface area contributed by atoms with Gasteiger partial charge in [0, 0.05) is 18.7 Å². The van der Waals surface area contributed by atoms with E-state index in [0.29, 0.717) is 17.4 Å². The third-order valence-corrected chi connectivity index (χ3v) is 2.82. The Bertz CT molecular complexity index is 406. The molecule has 0 amide bonds. The quantitative estimate of drug-likeness (QED) is 0.760. The van der Waals surface area contributed by atoms with Gasteiger partial charge in [0.2, 0.25) is 5.88 Å². The Morgan fingerprint density at radius 3 is 3.12 bits per heavy atom. The first-order valence-corrected chi connectivity index (χ1v) is 5.37. The summed E-state index contributed by atoms with van der Waals surface area (Å²) in [5.41, 5.74) is 1.56. The van der Waals surface area contributed by atoms with Crippen molar-refractivity contribution in [2.45, 2.75) is 18.8 Å². The average molecular weight is 218 g/mol. The highest BCUT2D eigenvalue weighted by Crippen LogP contribution is 2.27. The molecule has 1 fully saturated rings. The molecule has 1 aromatic heterocycles. The van der Waals surface area contributed by atoms with Crippen molar-refractivity contribution in [3.8, 4) is 11.9 Å². The number of aromatic nitrogens is 1. The molecule has 1 aliphatic rings. The maximum absolute atomic E-state index is 8.97. The summed E-state index contributed by atoms with van der Waals surface area (Å²) in [6.07, 6.45) is 3.94. The van der Waals surface area contributed by atoms with Gasteiger partial charge in [0.25, 0.3) is 0 Å². The molecule has 0 saturated carbocycles. The fourth-order valence-electron chi connectivity index (χ4n) is 1.94. The number of ether oxygens (including phenoxy) is 2. The zero-order valence-corrected chi connectivity index (χ0v) is 9.27. The van der Waals surface area contributed by atoms with Crippen LogP contribution in [0.25, 0.3) is 0 Å². The molecule has 1 saturated heterocycles. The van der Waals surface area contributed by atoms with Crippen LogP contribution >= 0.6 is 0 Å². The van der Waals surface area contributed by atoms with E-state index in [1.807, 2.05) is 6.07 Å². The molecule has 0 radical (unpaired) electrons. The van der Waals surface area contributed by atoms with Gasteiger partial charge >= 0.3 is 0 Å². The lowest BCUT2D eigenvalue weighted by Gasteiger charge is -2.22. The minimum atomic E-state index is 0.360. The van der Waals surface area contributed by atoms with Gasteiger partial charge in [0.15, 0.2) is 0 Å². The van der Waals surface area contributed by atoms with E-state index in [-0.39, 0.29) is 0 Å². The van der Waals surface area contributed by atoms with Crippen LogP contribution in [-0.2, 0) is 4.74 Å². The molecular weight excluding hydrogens is 204 g/mol. The Balaban J connectivity index is 2.25. The van der Waals surface area contributed by atoms with E-state index < -0.39 is 0 Å². The molecule has 16 heavy (non-hydrogen) atoms. The fourth-order valence-corrected chi connectivity index (χ4v) is 1.94. The molecule has 1 unspecified atom stereocenters. The number of nitriles is 1. The molecule has 0 aliphatic carbocycles. The minimum absolute atomic E-state index is 0.360. The average Bonchev–Trinajstić information content (AvgIpc) is 2.39. The predicted molar refractivity (Wildman–Crippen MR) is 58.3 cm³/mol. The van der Waals surface area contributed by atoms with Gasteiger partial charge in [0.1, 0.15) is 11.6 Å². The van der Waals surface area contributed by atoms with E-state index in [9.17, 15) is 0 Å². The summed E-state index contributed by atoms with van der Waals surface area (Å²) in [5, 5.41) is 8.97. The van der Waals surface area contributed by atoms with Crippen LogP contribution in [0.15, 0.2) is 12.3 Å². The Morgan fingerprint density at radius 2 is 2.50 bits per heavy atom. The first-order chi connectivity index (χ1) is 7.85. The van der Waals surface area contributed by atoms with Crippen LogP contribution in [0.3, 0.4) is 0 Å². The molecule has 1 atom stereocenters. The SMILES string of the molecule is COc1ncc(C2CCCOC2)cc1C#N. The first kappa shape index (κ1) is 10.9. The predicted octanol–water partition coefficient (Wildman–Crippen LogP) is 1.86. The van der Waals surface area contributed by atoms with Crippen LogP contribution in [0.4, 0.5) is 0 Å². The molecule has 0 N–H and O–H groups in total. The lowest BCUT2D eigenvalue weighted by Crippen LogP contribution is -2.15. The van der Waals surface area contributed by atoms with Gasteiger partial charge in [-0.05, 0) is 24.5 Å². The second-order valence-electron chi connectivity index (χ2n) is 3.85. The van der Waals surface area contributed by atoms with Gasteiger partial charge in [0.05, 0.1) is 13.7 Å². The highest BCUT2D eigenvalue weighted by atomic mass is 16.5. The van der Waals surface area contributed by atoms with Gasteiger partial charge < -0.3 is 9.47 Å². The maximum atomic E-state index is 8.97. The summed E-state index contributed by atoms with van der Waals surface area (Å²) in [7, 11) is 1.52. The highest BCUT2D eigenvalue weighted by Gasteiger charge is 2.18. The van der Waals surface area contributed by atoms with Crippen LogP contribution in [0.2, 0.25) is 0 Å². The van der Waals surface area contributed by atoms with E-state index in [2.05, 4.69) is 11.1 Å². The third kappa shape index (κ3) is 2.15. The highest BCUT2D eigenvalue weighted by molar-refractivity contribution is 5.41. The molecule has 0 bridgehead atoms. The monoisotopic (exact) mass is 218 g/mol. The summed E-state index contributed by atoms with van der Waals surface area (Å²) in [6.45, 7) is 1.56. The Hall–Kier alpha value is -1.60. The van der Waals surface area contributed by atoms with Crippen molar-refractivity contribution in [1.82, 2.24) is 4.98 Å². The fraction of sp³-hybridized carbons (Fsp3) is 0.500. The molecule has 1 aliphatic heterocycles. The number of methoxy groups -OCH3 is 1. The van der Waals surface area contributed by atoms with Crippen LogP contribution in [-0.4, -0.2) is 25.3 Å². The molecule has 0 aromatic carbocycles. The van der Waals surface area contributed by atoms with Crippen molar-refractivity contribution in [3.05, 3.63) is 23.4 Å². The summed E-state index contributed by atoms with van der Waals surface area (Å²) >= 11 is 0. The van der Waals surface area contributed by atoms with Crippen LogP contribution in [0, 0.1) is 11.3 Å². The molecule has 84 valence electrons.